The first-order valence-corrected chi connectivity index (χ1v) is 6.75. The van der Waals surface area contributed by atoms with Gasteiger partial charge in [-0.2, -0.15) is 0 Å². The van der Waals surface area contributed by atoms with E-state index < -0.39 is 0 Å². The molecule has 1 saturated carbocycles. The van der Waals surface area contributed by atoms with Crippen molar-refractivity contribution in [2.24, 2.45) is 5.92 Å². The van der Waals surface area contributed by atoms with Crippen LogP contribution < -0.4 is 5.32 Å². The number of rotatable bonds is 7. The Bertz CT molecular complexity index is 291. The van der Waals surface area contributed by atoms with Gasteiger partial charge in [-0.15, -0.1) is 0 Å². The fourth-order valence-corrected chi connectivity index (χ4v) is 2.56. The minimum Gasteiger partial charge on any atom is -0.472 e. The van der Waals surface area contributed by atoms with Gasteiger partial charge in [0, 0.05) is 25.2 Å². The molecule has 1 aliphatic carbocycles. The quantitative estimate of drug-likeness (QED) is 0.737. The van der Waals surface area contributed by atoms with Crippen LogP contribution in [0.15, 0.2) is 23.0 Å². The molecule has 2 rings (SSSR count). The second-order valence-electron chi connectivity index (χ2n) is 5.22. The van der Waals surface area contributed by atoms with Crippen LogP contribution in [0.25, 0.3) is 0 Å². The van der Waals surface area contributed by atoms with Gasteiger partial charge in [0.2, 0.25) is 0 Å². The summed E-state index contributed by atoms with van der Waals surface area (Å²) in [6.07, 6.45) is 9.29. The van der Waals surface area contributed by atoms with Crippen LogP contribution in [-0.2, 0) is 6.54 Å². The van der Waals surface area contributed by atoms with Gasteiger partial charge in [-0.3, -0.25) is 0 Å². The summed E-state index contributed by atoms with van der Waals surface area (Å²) >= 11 is 0. The molecule has 96 valence electrons. The summed E-state index contributed by atoms with van der Waals surface area (Å²) in [7, 11) is 2.16. The van der Waals surface area contributed by atoms with Crippen LogP contribution in [-0.4, -0.2) is 31.6 Å². The Kier molecular flexibility index (Phi) is 5.08. The molecule has 1 N–H and O–H groups in total. The molecular formula is C14H24N2O. The first-order valence-electron chi connectivity index (χ1n) is 6.75. The molecule has 0 aliphatic heterocycles. The molecule has 0 aromatic carbocycles. The monoisotopic (exact) mass is 236 g/mol. The normalized spacial score (nSPS) is 17.1. The summed E-state index contributed by atoms with van der Waals surface area (Å²) in [5, 5.41) is 3.57. The van der Waals surface area contributed by atoms with Crippen molar-refractivity contribution >= 4 is 0 Å². The highest BCUT2D eigenvalue weighted by Crippen LogP contribution is 2.23. The zero-order chi connectivity index (χ0) is 11.9. The van der Waals surface area contributed by atoms with Crippen LogP contribution in [0.5, 0.6) is 0 Å². The minimum absolute atomic E-state index is 0.939. The van der Waals surface area contributed by atoms with E-state index in [1.54, 1.807) is 6.26 Å². The van der Waals surface area contributed by atoms with Crippen LogP contribution in [0, 0.1) is 5.92 Å². The number of furan rings is 1. The predicted molar refractivity (Wildman–Crippen MR) is 69.9 cm³/mol. The van der Waals surface area contributed by atoms with Crippen molar-refractivity contribution in [1.29, 1.82) is 0 Å². The van der Waals surface area contributed by atoms with Gasteiger partial charge in [-0.05, 0) is 38.4 Å². The van der Waals surface area contributed by atoms with Crippen LogP contribution in [0.3, 0.4) is 0 Å². The second-order valence-corrected chi connectivity index (χ2v) is 5.22. The molecule has 0 unspecified atom stereocenters. The first kappa shape index (κ1) is 12.7. The number of hydrogen-bond acceptors (Lipinski definition) is 3. The van der Waals surface area contributed by atoms with E-state index >= 15 is 0 Å². The Hall–Kier alpha value is -0.800. The van der Waals surface area contributed by atoms with Gasteiger partial charge < -0.3 is 14.6 Å². The largest absolute Gasteiger partial charge is 0.472 e. The van der Waals surface area contributed by atoms with Crippen molar-refractivity contribution in [2.45, 2.75) is 32.2 Å². The number of hydrogen-bond donors (Lipinski definition) is 1. The van der Waals surface area contributed by atoms with Crippen molar-refractivity contribution in [3.63, 3.8) is 0 Å². The molecule has 1 fully saturated rings. The van der Waals surface area contributed by atoms with Crippen LogP contribution in [0.2, 0.25) is 0 Å². The second kappa shape index (κ2) is 6.82. The van der Waals surface area contributed by atoms with E-state index in [9.17, 15) is 0 Å². The Morgan fingerprint density at radius 3 is 2.94 bits per heavy atom. The molecule has 3 nitrogen and oxygen atoms in total. The van der Waals surface area contributed by atoms with E-state index in [4.69, 9.17) is 4.42 Å². The van der Waals surface area contributed by atoms with Gasteiger partial charge in [0.05, 0.1) is 12.5 Å². The molecule has 1 aromatic heterocycles. The summed E-state index contributed by atoms with van der Waals surface area (Å²) in [5.74, 6) is 0.939. The highest BCUT2D eigenvalue weighted by molar-refractivity contribution is 5.04. The Balaban J connectivity index is 1.52. The topological polar surface area (TPSA) is 28.4 Å². The smallest absolute Gasteiger partial charge is 0.0947 e. The zero-order valence-electron chi connectivity index (χ0n) is 10.8. The molecular weight excluding hydrogens is 212 g/mol. The first-order chi connectivity index (χ1) is 8.34. The third-order valence-electron chi connectivity index (χ3n) is 3.61. The molecule has 1 aromatic rings. The van der Waals surface area contributed by atoms with Crippen molar-refractivity contribution in [3.05, 3.63) is 24.2 Å². The van der Waals surface area contributed by atoms with Gasteiger partial charge >= 0.3 is 0 Å². The maximum absolute atomic E-state index is 5.07. The van der Waals surface area contributed by atoms with E-state index in [0.717, 1.165) is 25.6 Å². The fraction of sp³-hybridized carbons (Fsp3) is 0.714. The third-order valence-corrected chi connectivity index (χ3v) is 3.61. The molecule has 3 heteroatoms. The summed E-state index contributed by atoms with van der Waals surface area (Å²) < 4.78 is 5.07. The van der Waals surface area contributed by atoms with Crippen molar-refractivity contribution in [2.75, 3.05) is 26.7 Å². The summed E-state index contributed by atoms with van der Waals surface area (Å²) in [6.45, 7) is 4.36. The van der Waals surface area contributed by atoms with E-state index in [1.807, 2.05) is 12.3 Å². The predicted octanol–water partition coefficient (Wildman–Crippen LogP) is 2.49. The summed E-state index contributed by atoms with van der Waals surface area (Å²) in [6, 6.07) is 2.03. The van der Waals surface area contributed by atoms with Gasteiger partial charge in [-0.1, -0.05) is 12.8 Å². The summed E-state index contributed by atoms with van der Waals surface area (Å²) in [5.41, 5.74) is 1.25. The zero-order valence-corrected chi connectivity index (χ0v) is 10.8. The van der Waals surface area contributed by atoms with E-state index in [1.165, 1.54) is 37.8 Å². The molecule has 0 atom stereocenters. The Morgan fingerprint density at radius 2 is 2.24 bits per heavy atom. The SMILES string of the molecule is CN(CCNCC1CCCC1)Cc1ccoc1. The van der Waals surface area contributed by atoms with Crippen molar-refractivity contribution in [3.8, 4) is 0 Å². The van der Waals surface area contributed by atoms with Crippen molar-refractivity contribution < 1.29 is 4.42 Å². The molecule has 1 heterocycles. The highest BCUT2D eigenvalue weighted by Gasteiger charge is 2.13. The van der Waals surface area contributed by atoms with Gasteiger partial charge in [-0.25, -0.2) is 0 Å². The maximum atomic E-state index is 5.07. The van der Waals surface area contributed by atoms with Gasteiger partial charge in [0.1, 0.15) is 0 Å². The molecule has 0 spiro atoms. The lowest BCUT2D eigenvalue weighted by atomic mass is 10.1. The number of nitrogens with one attached hydrogen (secondary N) is 1. The van der Waals surface area contributed by atoms with E-state index in [2.05, 4.69) is 17.3 Å². The lowest BCUT2D eigenvalue weighted by Gasteiger charge is -2.17. The molecule has 0 radical (unpaired) electrons. The van der Waals surface area contributed by atoms with E-state index in [-0.39, 0.29) is 0 Å². The van der Waals surface area contributed by atoms with E-state index in [0.29, 0.717) is 0 Å². The average molecular weight is 236 g/mol. The van der Waals surface area contributed by atoms with Crippen LogP contribution in [0.1, 0.15) is 31.2 Å². The molecule has 17 heavy (non-hydrogen) atoms. The van der Waals surface area contributed by atoms with Gasteiger partial charge in [0.25, 0.3) is 0 Å². The lowest BCUT2D eigenvalue weighted by molar-refractivity contribution is 0.318. The van der Waals surface area contributed by atoms with Crippen LogP contribution in [0.4, 0.5) is 0 Å². The fourth-order valence-electron chi connectivity index (χ4n) is 2.56. The molecule has 0 bridgehead atoms. The molecule has 0 saturated heterocycles. The highest BCUT2D eigenvalue weighted by atomic mass is 16.3. The minimum atomic E-state index is 0.939. The molecule has 1 aliphatic rings. The van der Waals surface area contributed by atoms with Crippen LogP contribution >= 0.6 is 0 Å². The maximum Gasteiger partial charge on any atom is 0.0947 e. The molecule has 0 amide bonds. The number of likely N-dealkylation sites (N-methyl/N-ethyl adjacent to an activating group) is 1. The number of nitrogens with zero attached hydrogens (tertiary/aromatic N) is 1. The van der Waals surface area contributed by atoms with Gasteiger partial charge in [0.15, 0.2) is 0 Å². The third kappa shape index (κ3) is 4.52. The lowest BCUT2D eigenvalue weighted by Crippen LogP contribution is -2.31. The Labute approximate surface area is 104 Å². The Morgan fingerprint density at radius 1 is 1.41 bits per heavy atom. The summed E-state index contributed by atoms with van der Waals surface area (Å²) in [4.78, 5) is 2.33. The average Bonchev–Trinajstić information content (AvgIpc) is 2.96. The standard InChI is InChI=1S/C14H24N2O/c1-16(11-14-6-9-17-12-14)8-7-15-10-13-4-2-3-5-13/h6,9,12-13,15H,2-5,7-8,10-11H2,1H3. The van der Waals surface area contributed by atoms with Crippen molar-refractivity contribution in [1.82, 2.24) is 10.2 Å².